The Morgan fingerprint density at radius 1 is 1.23 bits per heavy atom. The van der Waals surface area contributed by atoms with E-state index >= 15 is 0 Å². The van der Waals surface area contributed by atoms with Gasteiger partial charge in [-0.05, 0) is 62.7 Å². The lowest BCUT2D eigenvalue weighted by Gasteiger charge is -2.32. The Morgan fingerprint density at radius 2 is 2.00 bits per heavy atom. The molecule has 1 N–H and O–H groups in total. The Bertz CT molecular complexity index is 784. The average molecular weight is 351 g/mol. The summed E-state index contributed by atoms with van der Waals surface area (Å²) in [4.78, 5) is 18.7. The molecule has 1 aliphatic carbocycles. The number of hydrogen-bond donors (Lipinski definition) is 1. The van der Waals surface area contributed by atoms with Gasteiger partial charge < -0.3 is 4.98 Å². The Morgan fingerprint density at radius 3 is 2.65 bits per heavy atom. The van der Waals surface area contributed by atoms with E-state index in [1.54, 1.807) is 18.5 Å². The Hall–Kier alpha value is -2.42. The molecule has 26 heavy (non-hydrogen) atoms. The molecule has 0 amide bonds. The van der Waals surface area contributed by atoms with Crippen molar-refractivity contribution in [3.05, 3.63) is 77.0 Å². The number of hydrogen-bond acceptors (Lipinski definition) is 2. The van der Waals surface area contributed by atoms with Crippen LogP contribution in [-0.4, -0.2) is 15.8 Å². The minimum atomic E-state index is -0.111. The van der Waals surface area contributed by atoms with Crippen LogP contribution >= 0.6 is 0 Å². The number of nitrogens with zero attached hydrogens (tertiary/aromatic N) is 1. The van der Waals surface area contributed by atoms with Crippen LogP contribution in [-0.2, 0) is 0 Å². The summed E-state index contributed by atoms with van der Waals surface area (Å²) in [6.45, 7) is 10.9. The van der Waals surface area contributed by atoms with Gasteiger partial charge >= 0.3 is 0 Å². The Balaban J connectivity index is 2.01. The number of carbonyl (C=O) groups excluding carboxylic acids is 1. The van der Waals surface area contributed by atoms with Crippen molar-refractivity contribution in [1.29, 1.82) is 0 Å². The van der Waals surface area contributed by atoms with Gasteiger partial charge in [0.2, 0.25) is 5.78 Å². The fourth-order valence-electron chi connectivity index (χ4n) is 3.36. The van der Waals surface area contributed by atoms with Crippen molar-refractivity contribution in [2.75, 3.05) is 0 Å². The predicted molar refractivity (Wildman–Crippen MR) is 109 cm³/mol. The first-order valence-corrected chi connectivity index (χ1v) is 9.25. The predicted octanol–water partition coefficient (Wildman–Crippen LogP) is 6.12. The molecule has 0 saturated carbocycles. The number of aromatic amines is 1. The van der Waals surface area contributed by atoms with Crippen LogP contribution in [0, 0.1) is 5.41 Å². The summed E-state index contributed by atoms with van der Waals surface area (Å²) in [7, 11) is 0. The van der Waals surface area contributed by atoms with E-state index in [2.05, 4.69) is 55.9 Å². The van der Waals surface area contributed by atoms with Gasteiger partial charge in [0.1, 0.15) is 0 Å². The van der Waals surface area contributed by atoms with Crippen LogP contribution in [0.2, 0.25) is 0 Å². The minimum absolute atomic E-state index is 0.111. The highest BCUT2D eigenvalue weighted by atomic mass is 16.1. The molecule has 0 aromatic carbocycles. The summed E-state index contributed by atoms with van der Waals surface area (Å²) in [5, 5.41) is 0. The molecule has 0 spiro atoms. The number of rotatable bonds is 6. The lowest BCUT2D eigenvalue weighted by Crippen LogP contribution is -2.19. The maximum absolute atomic E-state index is 11.9. The molecule has 0 atom stereocenters. The summed E-state index contributed by atoms with van der Waals surface area (Å²) >= 11 is 0. The highest BCUT2D eigenvalue weighted by Crippen LogP contribution is 2.40. The fraction of sp³-hybridized carbons (Fsp3) is 0.391. The number of allylic oxidation sites excluding steroid dienone is 10. The molecule has 0 unspecified atom stereocenters. The summed E-state index contributed by atoms with van der Waals surface area (Å²) in [6.07, 6.45) is 19.0. The van der Waals surface area contributed by atoms with E-state index in [4.69, 9.17) is 0 Å². The number of H-pyrrole nitrogens is 1. The standard InChI is InChI=1S/C23H30N2O/c1-17(11-12-20-19(3)10-7-13-23(20,4)5)8-6-9-18(2)16-21(26)22-24-14-15-25-22/h6,8-9,11-12,14-16H,7,10,13H2,1-5H3,(H,24,25)/b9-6+,12-11+,17-8+,18-16+. The molecule has 1 aromatic rings. The number of nitrogens with one attached hydrogen (secondary N) is 1. The van der Waals surface area contributed by atoms with Crippen LogP contribution in [0.15, 0.2) is 71.1 Å². The van der Waals surface area contributed by atoms with Gasteiger partial charge in [-0.15, -0.1) is 0 Å². The highest BCUT2D eigenvalue weighted by molar-refractivity contribution is 6.02. The van der Waals surface area contributed by atoms with E-state index < -0.39 is 0 Å². The van der Waals surface area contributed by atoms with Crippen molar-refractivity contribution in [2.24, 2.45) is 5.41 Å². The summed E-state index contributed by atoms with van der Waals surface area (Å²) < 4.78 is 0. The largest absolute Gasteiger partial charge is 0.342 e. The third-order valence-corrected chi connectivity index (χ3v) is 4.86. The van der Waals surface area contributed by atoms with E-state index in [1.807, 2.05) is 19.1 Å². The number of carbonyl (C=O) groups is 1. The van der Waals surface area contributed by atoms with Crippen LogP contribution < -0.4 is 0 Å². The van der Waals surface area contributed by atoms with Gasteiger partial charge in [0.05, 0.1) is 0 Å². The van der Waals surface area contributed by atoms with Gasteiger partial charge in [0, 0.05) is 12.4 Å². The number of ketones is 1. The summed E-state index contributed by atoms with van der Waals surface area (Å²) in [5.41, 5.74) is 5.33. The molecule has 138 valence electrons. The molecule has 1 heterocycles. The molecular formula is C23H30N2O. The van der Waals surface area contributed by atoms with Crippen molar-refractivity contribution in [2.45, 2.75) is 53.9 Å². The third-order valence-electron chi connectivity index (χ3n) is 4.86. The maximum atomic E-state index is 11.9. The van der Waals surface area contributed by atoms with Crippen LogP contribution in [0.3, 0.4) is 0 Å². The number of imidazole rings is 1. The lowest BCUT2D eigenvalue weighted by atomic mass is 9.72. The van der Waals surface area contributed by atoms with Crippen molar-refractivity contribution in [3.63, 3.8) is 0 Å². The SMILES string of the molecule is CC1=C(/C=C/C(C)=C/C=C/C(C)=C/C(=O)c2ncc[nH]2)C(C)(C)CCC1. The molecule has 0 bridgehead atoms. The van der Waals surface area contributed by atoms with Gasteiger partial charge in [-0.3, -0.25) is 4.79 Å². The molecule has 3 nitrogen and oxygen atoms in total. The summed E-state index contributed by atoms with van der Waals surface area (Å²) in [6, 6.07) is 0. The van der Waals surface area contributed by atoms with E-state index in [9.17, 15) is 4.79 Å². The minimum Gasteiger partial charge on any atom is -0.342 e. The van der Waals surface area contributed by atoms with E-state index in [-0.39, 0.29) is 11.2 Å². The first kappa shape index (κ1) is 19.9. The normalized spacial score (nSPS) is 19.0. The van der Waals surface area contributed by atoms with Crippen LogP contribution in [0.5, 0.6) is 0 Å². The van der Waals surface area contributed by atoms with E-state index in [1.165, 1.54) is 36.0 Å². The van der Waals surface area contributed by atoms with E-state index in [0.717, 1.165) is 5.57 Å². The van der Waals surface area contributed by atoms with Gasteiger partial charge in [0.15, 0.2) is 5.82 Å². The number of aromatic nitrogens is 2. The molecular weight excluding hydrogens is 320 g/mol. The zero-order valence-electron chi connectivity index (χ0n) is 16.6. The van der Waals surface area contributed by atoms with Crippen LogP contribution in [0.4, 0.5) is 0 Å². The zero-order valence-corrected chi connectivity index (χ0v) is 16.6. The Labute approximate surface area is 157 Å². The van der Waals surface area contributed by atoms with Crippen molar-refractivity contribution in [3.8, 4) is 0 Å². The zero-order chi connectivity index (χ0) is 19.2. The van der Waals surface area contributed by atoms with Gasteiger partial charge in [-0.1, -0.05) is 55.4 Å². The topological polar surface area (TPSA) is 45.8 Å². The second-order valence-corrected chi connectivity index (χ2v) is 7.72. The van der Waals surface area contributed by atoms with Crippen molar-refractivity contribution < 1.29 is 4.79 Å². The van der Waals surface area contributed by atoms with Crippen LogP contribution in [0.25, 0.3) is 0 Å². The smallest absolute Gasteiger partial charge is 0.221 e. The fourth-order valence-corrected chi connectivity index (χ4v) is 3.36. The van der Waals surface area contributed by atoms with Crippen molar-refractivity contribution in [1.82, 2.24) is 9.97 Å². The molecule has 1 aliphatic rings. The summed E-state index contributed by atoms with van der Waals surface area (Å²) in [5.74, 6) is 0.255. The second kappa shape index (κ2) is 8.79. The lowest BCUT2D eigenvalue weighted by molar-refractivity contribution is 0.103. The molecule has 0 aliphatic heterocycles. The van der Waals surface area contributed by atoms with Crippen LogP contribution in [0.1, 0.15) is 64.5 Å². The Kier molecular flexibility index (Phi) is 6.73. The quantitative estimate of drug-likeness (QED) is 0.381. The van der Waals surface area contributed by atoms with Gasteiger partial charge in [0.25, 0.3) is 0 Å². The van der Waals surface area contributed by atoms with Crippen molar-refractivity contribution >= 4 is 5.78 Å². The van der Waals surface area contributed by atoms with E-state index in [0.29, 0.717) is 5.82 Å². The molecule has 3 heteroatoms. The highest BCUT2D eigenvalue weighted by Gasteiger charge is 2.26. The first-order valence-electron chi connectivity index (χ1n) is 9.25. The van der Waals surface area contributed by atoms with Gasteiger partial charge in [-0.2, -0.15) is 0 Å². The maximum Gasteiger partial charge on any atom is 0.221 e. The second-order valence-electron chi connectivity index (χ2n) is 7.72. The third kappa shape index (κ3) is 5.55. The first-order chi connectivity index (χ1) is 12.3. The molecule has 2 rings (SSSR count). The molecule has 1 aromatic heterocycles. The molecule has 0 radical (unpaired) electrons. The van der Waals surface area contributed by atoms with Gasteiger partial charge in [-0.25, -0.2) is 4.98 Å². The monoisotopic (exact) mass is 350 g/mol. The molecule has 0 saturated heterocycles. The average Bonchev–Trinajstić information content (AvgIpc) is 3.08. The molecule has 0 fully saturated rings.